The third-order valence-electron chi connectivity index (χ3n) is 4.49. The van der Waals surface area contributed by atoms with Gasteiger partial charge in [-0.25, -0.2) is 9.59 Å². The molecule has 21 heavy (non-hydrogen) atoms. The summed E-state index contributed by atoms with van der Waals surface area (Å²) in [5, 5.41) is 11.8. The van der Waals surface area contributed by atoms with E-state index < -0.39 is 17.9 Å². The van der Waals surface area contributed by atoms with Crippen LogP contribution in [0.15, 0.2) is 0 Å². The van der Waals surface area contributed by atoms with Crippen LogP contribution in [0, 0.1) is 0 Å². The van der Waals surface area contributed by atoms with Gasteiger partial charge in [0.15, 0.2) is 0 Å². The van der Waals surface area contributed by atoms with E-state index >= 15 is 0 Å². The molecule has 118 valence electrons. The molecule has 0 aromatic rings. The van der Waals surface area contributed by atoms with Crippen molar-refractivity contribution in [1.29, 1.82) is 0 Å². The fraction of sp³-hybridized carbons (Fsp3) is 0.800. The first kappa shape index (κ1) is 15.8. The Hall–Kier alpha value is -1.59. The van der Waals surface area contributed by atoms with Gasteiger partial charge in [-0.05, 0) is 25.7 Å². The molecule has 2 saturated carbocycles. The molecule has 6 heteroatoms. The standard InChI is InChI=1S/C15H24N2O4/c18-13(14(19)20)17(12-9-5-2-6-10-12)15(21)16-11-7-3-1-4-8-11/h11-12H,1-10H2,(H,16,21)(H,19,20). The van der Waals surface area contributed by atoms with Crippen LogP contribution >= 0.6 is 0 Å². The highest BCUT2D eigenvalue weighted by Gasteiger charge is 2.35. The summed E-state index contributed by atoms with van der Waals surface area (Å²) in [6, 6.07) is -0.730. The van der Waals surface area contributed by atoms with E-state index in [0.717, 1.165) is 49.8 Å². The molecule has 6 nitrogen and oxygen atoms in total. The van der Waals surface area contributed by atoms with Gasteiger partial charge >= 0.3 is 17.9 Å². The largest absolute Gasteiger partial charge is 0.474 e. The van der Waals surface area contributed by atoms with E-state index in [9.17, 15) is 14.4 Å². The van der Waals surface area contributed by atoms with Crippen LogP contribution in [-0.2, 0) is 9.59 Å². The number of carbonyl (C=O) groups excluding carboxylic acids is 2. The second kappa shape index (κ2) is 7.43. The molecule has 0 bridgehead atoms. The molecule has 2 N–H and O–H groups in total. The first-order valence-corrected chi connectivity index (χ1v) is 7.96. The Labute approximate surface area is 124 Å². The normalized spacial score (nSPS) is 20.8. The van der Waals surface area contributed by atoms with E-state index in [-0.39, 0.29) is 12.1 Å². The smallest absolute Gasteiger partial charge is 0.395 e. The lowest BCUT2D eigenvalue weighted by atomic mass is 9.93. The number of aliphatic carboxylic acids is 1. The molecular formula is C15H24N2O4. The summed E-state index contributed by atoms with van der Waals surface area (Å²) in [6.45, 7) is 0. The number of hydrogen-bond donors (Lipinski definition) is 2. The number of imide groups is 1. The van der Waals surface area contributed by atoms with Crippen LogP contribution in [0.25, 0.3) is 0 Å². The van der Waals surface area contributed by atoms with Crippen molar-refractivity contribution in [2.45, 2.75) is 76.3 Å². The molecule has 3 amide bonds. The molecule has 0 spiro atoms. The highest BCUT2D eigenvalue weighted by molar-refractivity contribution is 6.34. The molecule has 2 fully saturated rings. The molecular weight excluding hydrogens is 272 g/mol. The molecule has 0 aromatic carbocycles. The van der Waals surface area contributed by atoms with Crippen LogP contribution in [0.2, 0.25) is 0 Å². The van der Waals surface area contributed by atoms with E-state index in [0.29, 0.717) is 12.8 Å². The second-order valence-electron chi connectivity index (χ2n) is 6.06. The van der Waals surface area contributed by atoms with E-state index in [1.807, 2.05) is 0 Å². The number of amides is 3. The van der Waals surface area contributed by atoms with Gasteiger partial charge in [0.25, 0.3) is 0 Å². The number of carboxylic acids is 1. The average molecular weight is 296 g/mol. The first-order valence-electron chi connectivity index (χ1n) is 7.96. The van der Waals surface area contributed by atoms with Crippen LogP contribution in [-0.4, -0.2) is 40.0 Å². The third-order valence-corrected chi connectivity index (χ3v) is 4.49. The zero-order chi connectivity index (χ0) is 15.2. The van der Waals surface area contributed by atoms with Crippen LogP contribution in [0.4, 0.5) is 4.79 Å². The predicted octanol–water partition coefficient (Wildman–Crippen LogP) is 2.27. The molecule has 0 heterocycles. The summed E-state index contributed by atoms with van der Waals surface area (Å²) in [7, 11) is 0. The Balaban J connectivity index is 2.03. The summed E-state index contributed by atoms with van der Waals surface area (Å²) in [5.74, 6) is -2.66. The van der Waals surface area contributed by atoms with Gasteiger partial charge in [-0.2, -0.15) is 0 Å². The van der Waals surface area contributed by atoms with Crippen molar-refractivity contribution in [2.75, 3.05) is 0 Å². The summed E-state index contributed by atoms with van der Waals surface area (Å²) in [4.78, 5) is 36.2. The maximum absolute atomic E-state index is 12.4. The van der Waals surface area contributed by atoms with Gasteiger partial charge in [-0.15, -0.1) is 0 Å². The zero-order valence-electron chi connectivity index (χ0n) is 12.3. The van der Waals surface area contributed by atoms with Crippen molar-refractivity contribution >= 4 is 17.9 Å². The van der Waals surface area contributed by atoms with Gasteiger partial charge in [0.1, 0.15) is 0 Å². The van der Waals surface area contributed by atoms with Gasteiger partial charge in [0.2, 0.25) is 0 Å². The van der Waals surface area contributed by atoms with Crippen LogP contribution in [0.3, 0.4) is 0 Å². The molecule has 2 aliphatic carbocycles. The Morgan fingerprint density at radius 1 is 0.857 bits per heavy atom. The SMILES string of the molecule is O=C(O)C(=O)N(C(=O)NC1CCCCC1)C1CCCCC1. The van der Waals surface area contributed by atoms with Crippen molar-refractivity contribution in [1.82, 2.24) is 10.2 Å². The van der Waals surface area contributed by atoms with Crippen LogP contribution in [0.5, 0.6) is 0 Å². The van der Waals surface area contributed by atoms with Crippen LogP contribution in [0.1, 0.15) is 64.2 Å². The molecule has 0 radical (unpaired) electrons. The Kier molecular flexibility index (Phi) is 5.59. The quantitative estimate of drug-likeness (QED) is 0.765. The number of nitrogens with one attached hydrogen (secondary N) is 1. The maximum atomic E-state index is 12.4. The zero-order valence-corrected chi connectivity index (χ0v) is 12.3. The number of hydrogen-bond acceptors (Lipinski definition) is 3. The number of carboxylic acid groups (broad SMARTS) is 1. The third kappa shape index (κ3) is 4.19. The van der Waals surface area contributed by atoms with Gasteiger partial charge in [0.05, 0.1) is 0 Å². The fourth-order valence-corrected chi connectivity index (χ4v) is 3.36. The Bertz CT molecular complexity index is 398. The van der Waals surface area contributed by atoms with Crippen molar-refractivity contribution in [3.8, 4) is 0 Å². The van der Waals surface area contributed by atoms with Gasteiger partial charge in [-0.3, -0.25) is 9.69 Å². The highest BCUT2D eigenvalue weighted by atomic mass is 16.4. The minimum atomic E-state index is -1.56. The minimum Gasteiger partial charge on any atom is -0.474 e. The second-order valence-corrected chi connectivity index (χ2v) is 6.06. The van der Waals surface area contributed by atoms with E-state index in [2.05, 4.69) is 5.32 Å². The van der Waals surface area contributed by atoms with Crippen molar-refractivity contribution in [3.05, 3.63) is 0 Å². The summed E-state index contributed by atoms with van der Waals surface area (Å²) < 4.78 is 0. The van der Waals surface area contributed by atoms with Gasteiger partial charge in [-0.1, -0.05) is 38.5 Å². The predicted molar refractivity (Wildman–Crippen MR) is 76.8 cm³/mol. The van der Waals surface area contributed by atoms with Gasteiger partial charge < -0.3 is 10.4 Å². The fourth-order valence-electron chi connectivity index (χ4n) is 3.36. The number of carbonyl (C=O) groups is 3. The Morgan fingerprint density at radius 3 is 1.90 bits per heavy atom. The van der Waals surface area contributed by atoms with Gasteiger partial charge in [0, 0.05) is 12.1 Å². The highest BCUT2D eigenvalue weighted by Crippen LogP contribution is 2.24. The number of urea groups is 1. The summed E-state index contributed by atoms with van der Waals surface area (Å²) in [6.07, 6.45) is 9.49. The lowest BCUT2D eigenvalue weighted by molar-refractivity contribution is -0.155. The van der Waals surface area contributed by atoms with E-state index in [1.54, 1.807) is 0 Å². The Morgan fingerprint density at radius 2 is 1.38 bits per heavy atom. The molecule has 2 aliphatic rings. The van der Waals surface area contributed by atoms with E-state index in [4.69, 9.17) is 5.11 Å². The number of rotatable bonds is 2. The minimum absolute atomic E-state index is 0.0685. The maximum Gasteiger partial charge on any atom is 0.395 e. The topological polar surface area (TPSA) is 86.7 Å². The molecule has 2 rings (SSSR count). The molecule has 0 aliphatic heterocycles. The summed E-state index contributed by atoms with van der Waals surface area (Å²) >= 11 is 0. The monoisotopic (exact) mass is 296 g/mol. The molecule has 0 unspecified atom stereocenters. The average Bonchev–Trinajstić information content (AvgIpc) is 2.49. The molecule has 0 atom stereocenters. The molecule has 0 saturated heterocycles. The first-order chi connectivity index (χ1) is 10.1. The van der Waals surface area contributed by atoms with Crippen molar-refractivity contribution < 1.29 is 19.5 Å². The van der Waals surface area contributed by atoms with Crippen molar-refractivity contribution in [3.63, 3.8) is 0 Å². The van der Waals surface area contributed by atoms with Crippen LogP contribution < -0.4 is 5.32 Å². The molecule has 0 aromatic heterocycles. The lowest BCUT2D eigenvalue weighted by Crippen LogP contribution is -2.54. The lowest BCUT2D eigenvalue weighted by Gasteiger charge is -2.33. The van der Waals surface area contributed by atoms with E-state index in [1.165, 1.54) is 6.42 Å². The van der Waals surface area contributed by atoms with Crippen molar-refractivity contribution in [2.24, 2.45) is 0 Å². The number of nitrogens with zero attached hydrogens (tertiary/aromatic N) is 1. The summed E-state index contributed by atoms with van der Waals surface area (Å²) in [5.41, 5.74) is 0.